The number of nitrogens with one attached hydrogen (secondary N) is 2. The van der Waals surface area contributed by atoms with E-state index in [2.05, 4.69) is 24.4 Å². The van der Waals surface area contributed by atoms with Crippen LogP contribution in [-0.2, 0) is 9.59 Å². The molecule has 0 aliphatic heterocycles. The Balaban J connectivity index is 3.63. The van der Waals surface area contributed by atoms with Crippen LogP contribution in [0.25, 0.3) is 0 Å². The molecule has 0 rings (SSSR count). The molecular weight excluding hydrogens is 364 g/mol. The number of carbonyl (C=O) groups is 2. The topological polar surface area (TPSA) is 90.3 Å². The molecule has 0 radical (unpaired) electrons. The Hall–Kier alpha value is -1.65. The van der Waals surface area contributed by atoms with Gasteiger partial charge in [0.2, 0.25) is 5.91 Å². The fourth-order valence-electron chi connectivity index (χ4n) is 3.24. The maximum Gasteiger partial charge on any atom is 0.326 e. The third-order valence-corrected chi connectivity index (χ3v) is 4.98. The van der Waals surface area contributed by atoms with Gasteiger partial charge < -0.3 is 15.8 Å². The summed E-state index contributed by atoms with van der Waals surface area (Å²) in [5, 5.41) is 19.8. The lowest BCUT2D eigenvalue weighted by molar-refractivity contribution is -0.142. The highest BCUT2D eigenvalue weighted by Gasteiger charge is 2.20. The Kier molecular flexibility index (Phi) is 17.3. The Labute approximate surface area is 178 Å². The van der Waals surface area contributed by atoms with Gasteiger partial charge in [0.15, 0.2) is 0 Å². The van der Waals surface area contributed by atoms with Crippen LogP contribution in [0.4, 0.5) is 0 Å². The second-order valence-electron chi connectivity index (χ2n) is 8.47. The average Bonchev–Trinajstić information content (AvgIpc) is 2.65. The minimum absolute atomic E-state index is 0.164. The van der Waals surface area contributed by atoms with Crippen LogP contribution in [0, 0.1) is 11.3 Å². The van der Waals surface area contributed by atoms with Gasteiger partial charge in [-0.1, -0.05) is 65.0 Å². The van der Waals surface area contributed by atoms with Gasteiger partial charge in [-0.05, 0) is 57.3 Å². The molecule has 0 saturated heterocycles. The quantitative estimate of drug-likeness (QED) is 0.134. The first-order valence-corrected chi connectivity index (χ1v) is 11.6. The summed E-state index contributed by atoms with van der Waals surface area (Å²) < 4.78 is 0. The standard InChI is InChI=1S/C24H44N2O3/c1-4-5-6-7-8-10-13-16-21(25)17-14-11-9-12-15-18-23(27)26-22(24(28)29)19-20(2)3/h8,10,20,22,25H,4-7,9,11-19H2,1-3H3,(H,26,27)(H,28,29). The minimum atomic E-state index is -0.957. The SMILES string of the molecule is CCCCCC=CCCC(=N)CCCCCCCC(=O)NC(CC(C)C)C(=O)O. The van der Waals surface area contributed by atoms with Gasteiger partial charge >= 0.3 is 5.97 Å². The van der Waals surface area contributed by atoms with E-state index in [0.717, 1.165) is 63.5 Å². The van der Waals surface area contributed by atoms with Crippen molar-refractivity contribution in [3.63, 3.8) is 0 Å². The molecule has 0 heterocycles. The van der Waals surface area contributed by atoms with Crippen molar-refractivity contribution in [1.29, 1.82) is 5.41 Å². The Bertz CT molecular complexity index is 487. The molecule has 1 unspecified atom stereocenters. The number of unbranched alkanes of at least 4 members (excludes halogenated alkanes) is 7. The Morgan fingerprint density at radius 2 is 1.52 bits per heavy atom. The van der Waals surface area contributed by atoms with Crippen LogP contribution in [0.2, 0.25) is 0 Å². The van der Waals surface area contributed by atoms with Crippen molar-refractivity contribution in [2.24, 2.45) is 5.92 Å². The summed E-state index contributed by atoms with van der Waals surface area (Å²) in [5.74, 6) is -0.888. The van der Waals surface area contributed by atoms with Crippen LogP contribution in [0.5, 0.6) is 0 Å². The summed E-state index contributed by atoms with van der Waals surface area (Å²) in [5.41, 5.74) is 0.840. The van der Waals surface area contributed by atoms with E-state index in [0.29, 0.717) is 12.8 Å². The number of hydrogen-bond donors (Lipinski definition) is 3. The minimum Gasteiger partial charge on any atom is -0.480 e. The molecule has 29 heavy (non-hydrogen) atoms. The van der Waals surface area contributed by atoms with E-state index in [1.165, 1.54) is 19.3 Å². The molecule has 0 spiro atoms. The zero-order valence-electron chi connectivity index (χ0n) is 19.0. The lowest BCUT2D eigenvalue weighted by Crippen LogP contribution is -2.41. The Morgan fingerprint density at radius 3 is 2.14 bits per heavy atom. The van der Waals surface area contributed by atoms with Crippen LogP contribution in [0.15, 0.2) is 12.2 Å². The van der Waals surface area contributed by atoms with Gasteiger partial charge in [0.25, 0.3) is 0 Å². The van der Waals surface area contributed by atoms with Crippen molar-refractivity contribution < 1.29 is 14.7 Å². The van der Waals surface area contributed by atoms with E-state index >= 15 is 0 Å². The van der Waals surface area contributed by atoms with Gasteiger partial charge in [0.05, 0.1) is 0 Å². The predicted molar refractivity (Wildman–Crippen MR) is 122 cm³/mol. The van der Waals surface area contributed by atoms with Crippen LogP contribution < -0.4 is 5.32 Å². The van der Waals surface area contributed by atoms with E-state index in [1.54, 1.807) is 0 Å². The largest absolute Gasteiger partial charge is 0.480 e. The molecule has 0 bridgehead atoms. The van der Waals surface area contributed by atoms with Crippen molar-refractivity contribution in [3.05, 3.63) is 12.2 Å². The summed E-state index contributed by atoms with van der Waals surface area (Å²) in [6.45, 7) is 6.12. The van der Waals surface area contributed by atoms with Crippen molar-refractivity contribution in [3.8, 4) is 0 Å². The fourth-order valence-corrected chi connectivity index (χ4v) is 3.24. The zero-order chi connectivity index (χ0) is 21.9. The highest BCUT2D eigenvalue weighted by Crippen LogP contribution is 2.10. The number of amides is 1. The van der Waals surface area contributed by atoms with Crippen LogP contribution in [-0.4, -0.2) is 28.7 Å². The number of rotatable bonds is 19. The van der Waals surface area contributed by atoms with Crippen molar-refractivity contribution in [2.75, 3.05) is 0 Å². The first kappa shape index (κ1) is 27.4. The summed E-state index contributed by atoms with van der Waals surface area (Å²) >= 11 is 0. The molecule has 0 saturated carbocycles. The fraction of sp³-hybridized carbons (Fsp3) is 0.792. The molecule has 168 valence electrons. The van der Waals surface area contributed by atoms with E-state index < -0.39 is 12.0 Å². The summed E-state index contributed by atoms with van der Waals surface area (Å²) in [6.07, 6.45) is 18.0. The lowest BCUT2D eigenvalue weighted by Gasteiger charge is -2.16. The van der Waals surface area contributed by atoms with Crippen LogP contribution in [0.1, 0.15) is 111 Å². The highest BCUT2D eigenvalue weighted by molar-refractivity contribution is 5.83. The molecule has 0 aromatic rings. The third kappa shape index (κ3) is 18.1. The van der Waals surface area contributed by atoms with Crippen LogP contribution in [0.3, 0.4) is 0 Å². The second-order valence-corrected chi connectivity index (χ2v) is 8.47. The van der Waals surface area contributed by atoms with Gasteiger partial charge in [-0.2, -0.15) is 0 Å². The van der Waals surface area contributed by atoms with Gasteiger partial charge in [-0.15, -0.1) is 0 Å². The second kappa shape index (κ2) is 18.4. The molecule has 0 aliphatic carbocycles. The zero-order valence-corrected chi connectivity index (χ0v) is 19.0. The summed E-state index contributed by atoms with van der Waals surface area (Å²) in [6, 6.07) is -0.778. The molecule has 0 aromatic carbocycles. The van der Waals surface area contributed by atoms with E-state index in [-0.39, 0.29) is 11.8 Å². The van der Waals surface area contributed by atoms with Gasteiger partial charge in [-0.25, -0.2) is 4.79 Å². The van der Waals surface area contributed by atoms with Crippen LogP contribution >= 0.6 is 0 Å². The lowest BCUT2D eigenvalue weighted by atomic mass is 10.0. The number of carboxylic acids is 1. The van der Waals surface area contributed by atoms with Crippen molar-refractivity contribution >= 4 is 17.6 Å². The molecule has 0 aliphatic rings. The molecular formula is C24H44N2O3. The Morgan fingerprint density at radius 1 is 0.897 bits per heavy atom. The number of carbonyl (C=O) groups excluding carboxylic acids is 1. The average molecular weight is 409 g/mol. The molecule has 1 amide bonds. The smallest absolute Gasteiger partial charge is 0.326 e. The first-order chi connectivity index (χ1) is 13.9. The molecule has 3 N–H and O–H groups in total. The van der Waals surface area contributed by atoms with E-state index in [4.69, 9.17) is 10.5 Å². The molecule has 0 fully saturated rings. The monoisotopic (exact) mass is 408 g/mol. The van der Waals surface area contributed by atoms with Gasteiger partial charge in [0.1, 0.15) is 6.04 Å². The van der Waals surface area contributed by atoms with E-state index in [1.807, 2.05) is 13.8 Å². The van der Waals surface area contributed by atoms with Crippen molar-refractivity contribution in [1.82, 2.24) is 5.32 Å². The molecule has 5 heteroatoms. The maximum absolute atomic E-state index is 11.9. The predicted octanol–water partition coefficient (Wildman–Crippen LogP) is 6.27. The number of aliphatic carboxylic acids is 1. The maximum atomic E-state index is 11.9. The summed E-state index contributed by atoms with van der Waals surface area (Å²) in [4.78, 5) is 23.1. The van der Waals surface area contributed by atoms with Crippen molar-refractivity contribution in [2.45, 2.75) is 117 Å². The number of hydrogen-bond acceptors (Lipinski definition) is 3. The summed E-state index contributed by atoms with van der Waals surface area (Å²) in [7, 11) is 0. The van der Waals surface area contributed by atoms with Gasteiger partial charge in [-0.3, -0.25) is 4.79 Å². The first-order valence-electron chi connectivity index (χ1n) is 11.6. The molecule has 1 atom stereocenters. The molecule has 0 aromatic heterocycles. The molecule has 5 nitrogen and oxygen atoms in total. The van der Waals surface area contributed by atoms with Gasteiger partial charge in [0, 0.05) is 12.1 Å². The normalized spacial score (nSPS) is 12.4. The number of allylic oxidation sites excluding steroid dienone is 2. The number of carboxylic acid groups (broad SMARTS) is 1. The third-order valence-electron chi connectivity index (χ3n) is 4.98. The van der Waals surface area contributed by atoms with E-state index in [9.17, 15) is 9.59 Å². The highest BCUT2D eigenvalue weighted by atomic mass is 16.4.